The van der Waals surface area contributed by atoms with Gasteiger partial charge in [0.05, 0.1) is 6.61 Å². The predicted octanol–water partition coefficient (Wildman–Crippen LogP) is 6.66. The first kappa shape index (κ1) is 34.0. The van der Waals surface area contributed by atoms with Crippen molar-refractivity contribution in [2.24, 2.45) is 5.73 Å². The van der Waals surface area contributed by atoms with Crippen LogP contribution in [0.4, 0.5) is 0 Å². The SMILES string of the molecule is CCC(Oc1ccc(C(C)(C)CC)cc1C(C)(C)CC)C(=O)NC(CCOc1ccc(O)c(C(C)(C)C)c1)C(N)=O. The van der Waals surface area contributed by atoms with E-state index in [9.17, 15) is 14.7 Å². The van der Waals surface area contributed by atoms with Crippen molar-refractivity contribution >= 4 is 11.8 Å². The van der Waals surface area contributed by atoms with Crippen molar-refractivity contribution in [2.45, 2.75) is 123 Å². The molecule has 2 atom stereocenters. The number of hydrogen-bond donors (Lipinski definition) is 3. The van der Waals surface area contributed by atoms with Crippen LogP contribution in [0.1, 0.15) is 112 Å². The van der Waals surface area contributed by atoms with Crippen LogP contribution in [0.3, 0.4) is 0 Å². The van der Waals surface area contributed by atoms with Crippen LogP contribution in [0, 0.1) is 0 Å². The predicted molar refractivity (Wildman–Crippen MR) is 166 cm³/mol. The third kappa shape index (κ3) is 8.88. The molecule has 0 saturated heterocycles. The van der Waals surface area contributed by atoms with Gasteiger partial charge >= 0.3 is 0 Å². The molecule has 0 aliphatic heterocycles. The van der Waals surface area contributed by atoms with Gasteiger partial charge < -0.3 is 25.6 Å². The molecule has 2 unspecified atom stereocenters. The summed E-state index contributed by atoms with van der Waals surface area (Å²) in [6, 6.07) is 10.4. The minimum Gasteiger partial charge on any atom is -0.508 e. The Morgan fingerprint density at radius 3 is 2.07 bits per heavy atom. The molecule has 2 aromatic rings. The summed E-state index contributed by atoms with van der Waals surface area (Å²) < 4.78 is 12.2. The minimum atomic E-state index is -0.918. The number of rotatable bonds is 14. The molecule has 0 spiro atoms. The van der Waals surface area contributed by atoms with Crippen LogP contribution in [0.25, 0.3) is 0 Å². The number of carbonyl (C=O) groups is 2. The van der Waals surface area contributed by atoms with Crippen LogP contribution in [0.2, 0.25) is 0 Å². The molecule has 4 N–H and O–H groups in total. The second kappa shape index (κ2) is 13.6. The molecule has 0 aliphatic rings. The van der Waals surface area contributed by atoms with E-state index in [2.05, 4.69) is 59.0 Å². The molecule has 0 radical (unpaired) electrons. The number of ether oxygens (including phenoxy) is 2. The maximum atomic E-state index is 13.3. The summed E-state index contributed by atoms with van der Waals surface area (Å²) in [5, 5.41) is 13.0. The van der Waals surface area contributed by atoms with Gasteiger partial charge in [-0.2, -0.15) is 0 Å². The highest BCUT2D eigenvalue weighted by atomic mass is 16.5. The molecule has 41 heavy (non-hydrogen) atoms. The van der Waals surface area contributed by atoms with E-state index in [0.29, 0.717) is 17.9 Å². The van der Waals surface area contributed by atoms with E-state index in [1.165, 1.54) is 5.56 Å². The van der Waals surface area contributed by atoms with Gasteiger partial charge in [-0.15, -0.1) is 0 Å². The van der Waals surface area contributed by atoms with Gasteiger partial charge in [0, 0.05) is 17.5 Å². The van der Waals surface area contributed by atoms with Gasteiger partial charge in [0.1, 0.15) is 23.3 Å². The van der Waals surface area contributed by atoms with E-state index in [-0.39, 0.29) is 35.0 Å². The molecule has 228 valence electrons. The smallest absolute Gasteiger partial charge is 0.261 e. The van der Waals surface area contributed by atoms with Crippen LogP contribution >= 0.6 is 0 Å². The molecule has 0 aromatic heterocycles. The average molecular weight is 569 g/mol. The zero-order valence-corrected chi connectivity index (χ0v) is 26.8. The van der Waals surface area contributed by atoms with Crippen LogP contribution in [-0.4, -0.2) is 35.7 Å². The average Bonchev–Trinajstić information content (AvgIpc) is 2.90. The van der Waals surface area contributed by atoms with Crippen molar-refractivity contribution in [2.75, 3.05) is 6.61 Å². The van der Waals surface area contributed by atoms with E-state index >= 15 is 0 Å². The molecular formula is C34H52N2O5. The number of amides is 2. The largest absolute Gasteiger partial charge is 0.508 e. The molecule has 0 heterocycles. The Labute approximate surface area is 247 Å². The van der Waals surface area contributed by atoms with Crippen molar-refractivity contribution in [3.8, 4) is 17.2 Å². The number of phenolic OH excluding ortho intramolecular Hbond substituents is 1. The molecule has 7 heteroatoms. The number of hydrogen-bond acceptors (Lipinski definition) is 5. The molecule has 0 aliphatic carbocycles. The maximum absolute atomic E-state index is 13.3. The number of aromatic hydroxyl groups is 1. The van der Waals surface area contributed by atoms with Crippen molar-refractivity contribution in [3.05, 3.63) is 53.1 Å². The number of nitrogens with two attached hydrogens (primary N) is 1. The summed E-state index contributed by atoms with van der Waals surface area (Å²) >= 11 is 0. The van der Waals surface area contributed by atoms with E-state index in [4.69, 9.17) is 15.2 Å². The molecule has 2 aromatic carbocycles. The fraction of sp³-hybridized carbons (Fsp3) is 0.588. The molecule has 7 nitrogen and oxygen atoms in total. The molecular weight excluding hydrogens is 516 g/mol. The lowest BCUT2D eigenvalue weighted by atomic mass is 9.76. The zero-order valence-electron chi connectivity index (χ0n) is 26.8. The van der Waals surface area contributed by atoms with Gasteiger partial charge in [-0.05, 0) is 65.3 Å². The van der Waals surface area contributed by atoms with Crippen LogP contribution in [0.15, 0.2) is 36.4 Å². The highest BCUT2D eigenvalue weighted by molar-refractivity contribution is 5.88. The Kier molecular flexibility index (Phi) is 11.3. The molecule has 2 amide bonds. The number of phenols is 1. The highest BCUT2D eigenvalue weighted by Gasteiger charge is 2.30. The highest BCUT2D eigenvalue weighted by Crippen LogP contribution is 2.39. The van der Waals surface area contributed by atoms with Crippen molar-refractivity contribution in [1.29, 1.82) is 0 Å². The Bertz CT molecular complexity index is 1200. The van der Waals surface area contributed by atoms with Gasteiger partial charge in [0.25, 0.3) is 5.91 Å². The number of carbonyl (C=O) groups excluding carboxylic acids is 2. The second-order valence-electron chi connectivity index (χ2n) is 13.2. The number of nitrogens with one attached hydrogen (secondary N) is 1. The van der Waals surface area contributed by atoms with Gasteiger partial charge in [-0.25, -0.2) is 0 Å². The second-order valence-corrected chi connectivity index (χ2v) is 13.2. The van der Waals surface area contributed by atoms with Gasteiger partial charge in [0.15, 0.2) is 6.10 Å². The van der Waals surface area contributed by atoms with E-state index in [1.54, 1.807) is 18.2 Å². The van der Waals surface area contributed by atoms with Gasteiger partial charge in [-0.3, -0.25) is 9.59 Å². The minimum absolute atomic E-state index is 0.0177. The first-order valence-electron chi connectivity index (χ1n) is 14.8. The molecule has 0 saturated carbocycles. The molecule has 0 fully saturated rings. The maximum Gasteiger partial charge on any atom is 0.261 e. The standard InChI is InChI=1S/C34H52N2O5/c1-11-28(41-29-17-14-22(33(7,8)12-2)20-25(29)34(9,10)13-3)31(39)36-26(30(35)38)18-19-40-23-15-16-27(37)24(21-23)32(4,5)6/h14-17,20-21,26,28,37H,11-13,18-19H2,1-10H3,(H2,35,38)(H,36,39). The summed E-state index contributed by atoms with van der Waals surface area (Å²) in [6.45, 7) is 21.2. The third-order valence-corrected chi connectivity index (χ3v) is 8.30. The summed E-state index contributed by atoms with van der Waals surface area (Å²) in [7, 11) is 0. The van der Waals surface area contributed by atoms with Crippen molar-refractivity contribution in [1.82, 2.24) is 5.32 Å². The topological polar surface area (TPSA) is 111 Å². The summed E-state index contributed by atoms with van der Waals surface area (Å²) in [6.07, 6.45) is 1.73. The fourth-order valence-corrected chi connectivity index (χ4v) is 4.50. The van der Waals surface area contributed by atoms with Crippen LogP contribution in [0.5, 0.6) is 17.2 Å². The number of primary amides is 1. The lowest BCUT2D eigenvalue weighted by molar-refractivity contribution is -0.132. The third-order valence-electron chi connectivity index (χ3n) is 8.30. The lowest BCUT2D eigenvalue weighted by Crippen LogP contribution is -2.50. The number of benzene rings is 2. The normalized spacial score (nSPS) is 13.8. The molecule has 2 rings (SSSR count). The van der Waals surface area contributed by atoms with Gasteiger partial charge in [0.2, 0.25) is 5.91 Å². The van der Waals surface area contributed by atoms with Crippen molar-refractivity contribution < 1.29 is 24.2 Å². The first-order chi connectivity index (χ1) is 19.0. The Morgan fingerprint density at radius 1 is 0.902 bits per heavy atom. The summed E-state index contributed by atoms with van der Waals surface area (Å²) in [5.74, 6) is 0.409. The summed E-state index contributed by atoms with van der Waals surface area (Å²) in [5.41, 5.74) is 8.30. The van der Waals surface area contributed by atoms with E-state index in [0.717, 1.165) is 24.0 Å². The fourth-order valence-electron chi connectivity index (χ4n) is 4.50. The lowest BCUT2D eigenvalue weighted by Gasteiger charge is -2.31. The van der Waals surface area contributed by atoms with Gasteiger partial charge in [-0.1, -0.05) is 81.4 Å². The molecule has 0 bridgehead atoms. The van der Waals surface area contributed by atoms with Crippen LogP contribution in [-0.2, 0) is 25.8 Å². The van der Waals surface area contributed by atoms with Crippen LogP contribution < -0.4 is 20.5 Å². The van der Waals surface area contributed by atoms with E-state index in [1.807, 2.05) is 33.8 Å². The Hall–Kier alpha value is -3.22. The zero-order chi connectivity index (χ0) is 31.2. The summed E-state index contributed by atoms with van der Waals surface area (Å²) in [4.78, 5) is 25.5. The first-order valence-corrected chi connectivity index (χ1v) is 14.8. The Morgan fingerprint density at radius 2 is 1.54 bits per heavy atom. The monoisotopic (exact) mass is 568 g/mol. The Balaban J connectivity index is 2.18. The van der Waals surface area contributed by atoms with E-state index < -0.39 is 24.0 Å². The van der Waals surface area contributed by atoms with Crippen molar-refractivity contribution in [3.63, 3.8) is 0 Å². The quantitative estimate of drug-likeness (QED) is 0.236.